The first-order valence-corrected chi connectivity index (χ1v) is 9.11. The van der Waals surface area contributed by atoms with Crippen LogP contribution in [0.2, 0.25) is 0 Å². The smallest absolute Gasteiger partial charge is 0.286 e. The van der Waals surface area contributed by atoms with Crippen LogP contribution in [0.5, 0.6) is 0 Å². The van der Waals surface area contributed by atoms with E-state index >= 15 is 0 Å². The number of para-hydroxylation sites is 1. The minimum atomic E-state index is -0.315. The molecule has 0 radical (unpaired) electrons. The molecule has 0 aliphatic heterocycles. The van der Waals surface area contributed by atoms with E-state index in [9.17, 15) is 9.59 Å². The topological polar surface area (TPSA) is 96.9 Å². The number of thioether (sulfide) groups is 1. The van der Waals surface area contributed by atoms with Crippen LogP contribution < -0.4 is 10.6 Å². The Hall–Kier alpha value is -2.04. The summed E-state index contributed by atoms with van der Waals surface area (Å²) < 4.78 is 1.57. The minimum Gasteiger partial charge on any atom is -0.358 e. The highest BCUT2D eigenvalue weighted by molar-refractivity contribution is 8.01. The van der Waals surface area contributed by atoms with E-state index in [1.165, 1.54) is 34.4 Å². The summed E-state index contributed by atoms with van der Waals surface area (Å²) in [5.74, 6) is -0.146. The van der Waals surface area contributed by atoms with Gasteiger partial charge in [0.2, 0.25) is 11.0 Å². The van der Waals surface area contributed by atoms with Gasteiger partial charge >= 0.3 is 0 Å². The maximum absolute atomic E-state index is 12.2. The van der Waals surface area contributed by atoms with Crippen molar-refractivity contribution in [3.05, 3.63) is 29.3 Å². The second-order valence-electron chi connectivity index (χ2n) is 4.28. The third kappa shape index (κ3) is 3.84. The standard InChI is InChI=1S/C13H11N5O2S3/c1-14-9(19)6-21-13-18-17-12(23-13)16-10(20)11-15-7-4-2-3-5-8(7)22-11/h2-5H,6H2,1H3,(H,14,19)(H,16,17,20). The van der Waals surface area contributed by atoms with Crippen molar-refractivity contribution in [1.29, 1.82) is 0 Å². The lowest BCUT2D eigenvalue weighted by Crippen LogP contribution is -2.19. The molecule has 0 aliphatic rings. The van der Waals surface area contributed by atoms with Crippen LogP contribution in [0.3, 0.4) is 0 Å². The molecular formula is C13H11N5O2S3. The summed E-state index contributed by atoms with van der Waals surface area (Å²) in [4.78, 5) is 27.7. The molecule has 0 unspecified atom stereocenters. The second-order valence-corrected chi connectivity index (χ2v) is 7.51. The van der Waals surface area contributed by atoms with Gasteiger partial charge < -0.3 is 5.32 Å². The first-order chi connectivity index (χ1) is 11.2. The third-order valence-electron chi connectivity index (χ3n) is 2.72. The number of carbonyl (C=O) groups excluding carboxylic acids is 2. The number of hydrogen-bond acceptors (Lipinski definition) is 8. The Morgan fingerprint density at radius 2 is 2.04 bits per heavy atom. The Morgan fingerprint density at radius 3 is 2.83 bits per heavy atom. The maximum Gasteiger partial charge on any atom is 0.286 e. The summed E-state index contributed by atoms with van der Waals surface area (Å²) in [5.41, 5.74) is 0.793. The van der Waals surface area contributed by atoms with E-state index in [0.717, 1.165) is 10.2 Å². The van der Waals surface area contributed by atoms with Gasteiger partial charge in [-0.15, -0.1) is 21.5 Å². The number of nitrogens with one attached hydrogen (secondary N) is 2. The van der Waals surface area contributed by atoms with Gasteiger partial charge in [-0.3, -0.25) is 14.9 Å². The Bertz CT molecular complexity index is 827. The third-order valence-corrected chi connectivity index (χ3v) is 5.73. The molecule has 0 aliphatic carbocycles. The highest BCUT2D eigenvalue weighted by Crippen LogP contribution is 2.27. The van der Waals surface area contributed by atoms with Crippen LogP contribution in [0.4, 0.5) is 5.13 Å². The molecule has 3 aromatic rings. The van der Waals surface area contributed by atoms with Crippen LogP contribution >= 0.6 is 34.4 Å². The van der Waals surface area contributed by atoms with Crippen molar-refractivity contribution in [2.75, 3.05) is 18.1 Å². The molecule has 0 atom stereocenters. The number of nitrogens with zero attached hydrogens (tertiary/aromatic N) is 3. The fraction of sp³-hybridized carbons (Fsp3) is 0.154. The lowest BCUT2D eigenvalue weighted by molar-refractivity contribution is -0.118. The number of fused-ring (bicyclic) bond motifs is 1. The summed E-state index contributed by atoms with van der Waals surface area (Å²) in [6.45, 7) is 0. The number of benzene rings is 1. The number of anilines is 1. The Balaban J connectivity index is 1.65. The summed E-state index contributed by atoms with van der Waals surface area (Å²) in [6.07, 6.45) is 0. The van der Waals surface area contributed by atoms with Gasteiger partial charge in [0, 0.05) is 7.05 Å². The van der Waals surface area contributed by atoms with E-state index in [1.54, 1.807) is 7.05 Å². The summed E-state index contributed by atoms with van der Waals surface area (Å²) >= 11 is 3.81. The van der Waals surface area contributed by atoms with Gasteiger partial charge in [-0.05, 0) is 12.1 Å². The van der Waals surface area contributed by atoms with Crippen LogP contribution in [-0.2, 0) is 4.79 Å². The zero-order chi connectivity index (χ0) is 16.2. The average molecular weight is 365 g/mol. The molecule has 10 heteroatoms. The van der Waals surface area contributed by atoms with Crippen molar-refractivity contribution in [3.8, 4) is 0 Å². The SMILES string of the molecule is CNC(=O)CSc1nnc(NC(=O)c2nc3ccccc3s2)s1. The van der Waals surface area contributed by atoms with Gasteiger partial charge in [0.05, 0.1) is 16.0 Å². The average Bonchev–Trinajstić information content (AvgIpc) is 3.18. The van der Waals surface area contributed by atoms with Gasteiger partial charge in [-0.2, -0.15) is 0 Å². The second kappa shape index (κ2) is 7.02. The molecule has 7 nitrogen and oxygen atoms in total. The lowest BCUT2D eigenvalue weighted by atomic mass is 10.3. The van der Waals surface area contributed by atoms with Gasteiger partial charge in [0.15, 0.2) is 9.35 Å². The molecule has 23 heavy (non-hydrogen) atoms. The molecule has 2 aromatic heterocycles. The lowest BCUT2D eigenvalue weighted by Gasteiger charge is -1.96. The predicted molar refractivity (Wildman–Crippen MR) is 92.3 cm³/mol. The molecule has 0 saturated heterocycles. The molecule has 2 heterocycles. The number of hydrogen-bond donors (Lipinski definition) is 2. The van der Waals surface area contributed by atoms with Crippen molar-refractivity contribution in [2.24, 2.45) is 0 Å². The number of amides is 2. The molecular weight excluding hydrogens is 354 g/mol. The molecule has 118 valence electrons. The van der Waals surface area contributed by atoms with Gasteiger partial charge in [0.1, 0.15) is 0 Å². The van der Waals surface area contributed by atoms with Gasteiger partial charge in [-0.25, -0.2) is 4.98 Å². The first-order valence-electron chi connectivity index (χ1n) is 6.49. The zero-order valence-corrected chi connectivity index (χ0v) is 14.3. The Kier molecular flexibility index (Phi) is 4.84. The molecule has 2 N–H and O–H groups in total. The number of aromatic nitrogens is 3. The molecule has 2 amide bonds. The predicted octanol–water partition coefficient (Wildman–Crippen LogP) is 2.24. The van der Waals surface area contributed by atoms with Crippen LogP contribution in [0.15, 0.2) is 28.6 Å². The number of rotatable bonds is 5. The van der Waals surface area contributed by atoms with Gasteiger partial charge in [0.25, 0.3) is 5.91 Å². The highest BCUT2D eigenvalue weighted by Gasteiger charge is 2.15. The van der Waals surface area contributed by atoms with E-state index < -0.39 is 0 Å². The number of carbonyl (C=O) groups is 2. The normalized spacial score (nSPS) is 10.7. The minimum absolute atomic E-state index is 0.0924. The van der Waals surface area contributed by atoms with E-state index in [2.05, 4.69) is 25.8 Å². The molecule has 0 bridgehead atoms. The van der Waals surface area contributed by atoms with Crippen molar-refractivity contribution >= 4 is 61.6 Å². The fourth-order valence-corrected chi connectivity index (χ4v) is 4.12. The van der Waals surface area contributed by atoms with E-state index in [0.29, 0.717) is 14.5 Å². The van der Waals surface area contributed by atoms with E-state index in [4.69, 9.17) is 0 Å². The number of thiazole rings is 1. The van der Waals surface area contributed by atoms with Crippen molar-refractivity contribution < 1.29 is 9.59 Å². The van der Waals surface area contributed by atoms with Crippen LogP contribution in [0, 0.1) is 0 Å². The summed E-state index contributed by atoms with van der Waals surface area (Å²) in [7, 11) is 1.58. The Morgan fingerprint density at radius 1 is 1.22 bits per heavy atom. The van der Waals surface area contributed by atoms with E-state index in [-0.39, 0.29) is 17.6 Å². The first kappa shape index (κ1) is 15.8. The molecule has 0 fully saturated rings. The molecule has 0 spiro atoms. The monoisotopic (exact) mass is 365 g/mol. The summed E-state index contributed by atoms with van der Waals surface area (Å²) in [6, 6.07) is 7.57. The maximum atomic E-state index is 12.2. The summed E-state index contributed by atoms with van der Waals surface area (Å²) in [5, 5.41) is 13.8. The molecule has 3 rings (SSSR count). The van der Waals surface area contributed by atoms with E-state index in [1.807, 2.05) is 24.3 Å². The molecule has 0 saturated carbocycles. The fourth-order valence-electron chi connectivity index (χ4n) is 1.64. The zero-order valence-electron chi connectivity index (χ0n) is 11.9. The largest absolute Gasteiger partial charge is 0.358 e. The Labute approximate surface area is 143 Å². The van der Waals surface area contributed by atoms with Gasteiger partial charge in [-0.1, -0.05) is 35.2 Å². The van der Waals surface area contributed by atoms with Crippen molar-refractivity contribution in [3.63, 3.8) is 0 Å². The quantitative estimate of drug-likeness (QED) is 0.532. The van der Waals surface area contributed by atoms with Crippen molar-refractivity contribution in [1.82, 2.24) is 20.5 Å². The highest BCUT2D eigenvalue weighted by atomic mass is 32.2. The molecule has 1 aromatic carbocycles. The van der Waals surface area contributed by atoms with Crippen LogP contribution in [-0.4, -0.2) is 39.8 Å². The van der Waals surface area contributed by atoms with Crippen LogP contribution in [0.25, 0.3) is 10.2 Å². The van der Waals surface area contributed by atoms with Crippen LogP contribution in [0.1, 0.15) is 9.80 Å². The van der Waals surface area contributed by atoms with Crippen molar-refractivity contribution in [2.45, 2.75) is 4.34 Å².